The number of aromatic nitrogens is 3. The van der Waals surface area contributed by atoms with E-state index < -0.39 is 10.0 Å². The Balaban J connectivity index is 1.60. The Labute approximate surface area is 173 Å². The normalized spacial score (nSPS) is 14.5. The van der Waals surface area contributed by atoms with Crippen LogP contribution in [0.25, 0.3) is 11.4 Å². The van der Waals surface area contributed by atoms with Gasteiger partial charge in [-0.15, -0.1) is 10.2 Å². The second kappa shape index (κ2) is 7.89. The first-order chi connectivity index (χ1) is 13.9. The van der Waals surface area contributed by atoms with E-state index in [2.05, 4.69) is 10.2 Å². The lowest BCUT2D eigenvalue weighted by Crippen LogP contribution is -2.22. The van der Waals surface area contributed by atoms with Gasteiger partial charge < -0.3 is 0 Å². The zero-order valence-corrected chi connectivity index (χ0v) is 17.8. The Hall–Kier alpha value is -2.23. The summed E-state index contributed by atoms with van der Waals surface area (Å²) in [5.41, 5.74) is 1.31. The topological polar surface area (TPSA) is 68.1 Å². The molecule has 0 bridgehead atoms. The summed E-state index contributed by atoms with van der Waals surface area (Å²) in [6.07, 6.45) is 2.03. The molecule has 3 aromatic rings. The van der Waals surface area contributed by atoms with Crippen LogP contribution in [0.5, 0.6) is 0 Å². The monoisotopic (exact) mass is 432 g/mol. The van der Waals surface area contributed by atoms with Gasteiger partial charge in [0.1, 0.15) is 5.82 Å². The van der Waals surface area contributed by atoms with Crippen LogP contribution >= 0.6 is 11.8 Å². The van der Waals surface area contributed by atoms with E-state index in [9.17, 15) is 12.8 Å². The zero-order valence-electron chi connectivity index (χ0n) is 16.1. The highest BCUT2D eigenvalue weighted by molar-refractivity contribution is 7.98. The van der Waals surface area contributed by atoms with Crippen LogP contribution in [-0.4, -0.2) is 41.6 Å². The molecule has 0 aliphatic heterocycles. The first kappa shape index (κ1) is 20.1. The lowest BCUT2D eigenvalue weighted by Gasteiger charge is -2.12. The zero-order chi connectivity index (χ0) is 20.6. The number of benzene rings is 2. The number of sulfonamides is 1. The molecule has 1 heterocycles. The van der Waals surface area contributed by atoms with Crippen LogP contribution in [0.2, 0.25) is 0 Å². The van der Waals surface area contributed by atoms with Crippen LogP contribution in [-0.2, 0) is 15.8 Å². The maximum atomic E-state index is 14.3. The molecule has 9 heteroatoms. The van der Waals surface area contributed by atoms with Crippen molar-refractivity contribution in [2.24, 2.45) is 0 Å². The molecule has 152 valence electrons. The molecule has 0 unspecified atom stereocenters. The molecule has 1 aromatic heterocycles. The van der Waals surface area contributed by atoms with Crippen LogP contribution in [0.4, 0.5) is 4.39 Å². The van der Waals surface area contributed by atoms with Crippen LogP contribution in [0.3, 0.4) is 0 Å². The van der Waals surface area contributed by atoms with Crippen molar-refractivity contribution < 1.29 is 12.8 Å². The molecule has 0 saturated heterocycles. The molecule has 4 rings (SSSR count). The van der Waals surface area contributed by atoms with Crippen molar-refractivity contribution in [3.63, 3.8) is 0 Å². The number of thioether (sulfide) groups is 1. The van der Waals surface area contributed by atoms with Gasteiger partial charge in [0.25, 0.3) is 0 Å². The minimum absolute atomic E-state index is 0.260. The maximum absolute atomic E-state index is 14.3. The number of nitrogens with zero attached hydrogens (tertiary/aromatic N) is 4. The molecule has 2 aromatic carbocycles. The molecular formula is C20H21FN4O2S2. The molecule has 0 amide bonds. The second-order valence-corrected chi connectivity index (χ2v) is 10.2. The van der Waals surface area contributed by atoms with Gasteiger partial charge in [0, 0.05) is 25.9 Å². The highest BCUT2D eigenvalue weighted by Gasteiger charge is 2.31. The van der Waals surface area contributed by atoms with Crippen LogP contribution in [0.1, 0.15) is 24.4 Å². The molecule has 0 radical (unpaired) electrons. The van der Waals surface area contributed by atoms with Crippen molar-refractivity contribution in [2.45, 2.75) is 34.7 Å². The van der Waals surface area contributed by atoms with Gasteiger partial charge in [0.15, 0.2) is 11.0 Å². The summed E-state index contributed by atoms with van der Waals surface area (Å²) in [5, 5.41) is 9.26. The van der Waals surface area contributed by atoms with Crippen molar-refractivity contribution >= 4 is 21.8 Å². The summed E-state index contributed by atoms with van der Waals surface area (Å²) in [7, 11) is -0.455. The van der Waals surface area contributed by atoms with E-state index in [4.69, 9.17) is 0 Å². The quantitative estimate of drug-likeness (QED) is 0.529. The van der Waals surface area contributed by atoms with Crippen LogP contribution < -0.4 is 0 Å². The minimum Gasteiger partial charge on any atom is -0.299 e. The molecule has 1 saturated carbocycles. The smallest absolute Gasteiger partial charge is 0.242 e. The Morgan fingerprint density at radius 3 is 2.59 bits per heavy atom. The van der Waals surface area contributed by atoms with Gasteiger partial charge in [-0.05, 0) is 42.7 Å². The number of rotatable bonds is 7. The predicted molar refractivity (Wildman–Crippen MR) is 111 cm³/mol. The third-order valence-corrected chi connectivity index (χ3v) is 7.56. The minimum atomic E-state index is -3.48. The molecule has 0 spiro atoms. The highest BCUT2D eigenvalue weighted by atomic mass is 32.2. The fourth-order valence-electron chi connectivity index (χ4n) is 3.02. The lowest BCUT2D eigenvalue weighted by molar-refractivity contribution is 0.520. The average Bonchev–Trinajstić information content (AvgIpc) is 3.46. The molecule has 0 atom stereocenters. The third-order valence-electron chi connectivity index (χ3n) is 4.74. The molecule has 1 fully saturated rings. The summed E-state index contributed by atoms with van der Waals surface area (Å²) in [5.74, 6) is 0.760. The number of hydrogen-bond donors (Lipinski definition) is 0. The van der Waals surface area contributed by atoms with Crippen molar-refractivity contribution in [3.8, 4) is 11.4 Å². The number of halogens is 1. The van der Waals surface area contributed by atoms with E-state index in [0.29, 0.717) is 22.3 Å². The Kier molecular flexibility index (Phi) is 5.46. The van der Waals surface area contributed by atoms with Gasteiger partial charge in [0.2, 0.25) is 10.0 Å². The van der Waals surface area contributed by atoms with Gasteiger partial charge in [-0.25, -0.2) is 17.1 Å². The highest BCUT2D eigenvalue weighted by Crippen LogP contribution is 2.41. The van der Waals surface area contributed by atoms with Gasteiger partial charge in [0.05, 0.1) is 10.5 Å². The third kappa shape index (κ3) is 4.08. The maximum Gasteiger partial charge on any atom is 0.242 e. The summed E-state index contributed by atoms with van der Waals surface area (Å²) in [4.78, 5) is 0.260. The molecule has 6 nitrogen and oxygen atoms in total. The van der Waals surface area contributed by atoms with E-state index in [1.165, 1.54) is 36.2 Å². The van der Waals surface area contributed by atoms with Crippen molar-refractivity contribution in [2.75, 3.05) is 14.1 Å². The van der Waals surface area contributed by atoms with Gasteiger partial charge in [-0.2, -0.15) is 0 Å². The fraction of sp³-hybridized carbons (Fsp3) is 0.300. The van der Waals surface area contributed by atoms with Crippen molar-refractivity contribution in [3.05, 3.63) is 59.9 Å². The first-order valence-electron chi connectivity index (χ1n) is 9.22. The van der Waals surface area contributed by atoms with Crippen LogP contribution in [0, 0.1) is 5.82 Å². The van der Waals surface area contributed by atoms with Gasteiger partial charge >= 0.3 is 0 Å². The Bertz CT molecular complexity index is 1140. The first-order valence-corrected chi connectivity index (χ1v) is 11.6. The summed E-state index contributed by atoms with van der Waals surface area (Å²) < 4.78 is 42.2. The predicted octanol–water partition coefficient (Wildman–Crippen LogP) is 3.96. The summed E-state index contributed by atoms with van der Waals surface area (Å²) in [6.45, 7) is 0. The van der Waals surface area contributed by atoms with Crippen molar-refractivity contribution in [1.82, 2.24) is 19.1 Å². The largest absolute Gasteiger partial charge is 0.299 e. The van der Waals surface area contributed by atoms with Gasteiger partial charge in [-0.3, -0.25) is 4.57 Å². The van der Waals surface area contributed by atoms with Crippen molar-refractivity contribution in [1.29, 1.82) is 0 Å². The second-order valence-electron chi connectivity index (χ2n) is 7.11. The van der Waals surface area contributed by atoms with E-state index in [1.807, 2.05) is 10.6 Å². The SMILES string of the molecule is CN(C)S(=O)(=O)c1cccc(CSc2nnc(-c3ccccc3F)n2C2CC2)c1. The molecular weight excluding hydrogens is 411 g/mol. The fourth-order valence-corrected chi connectivity index (χ4v) is 4.94. The Morgan fingerprint density at radius 1 is 1.14 bits per heavy atom. The Morgan fingerprint density at radius 2 is 1.90 bits per heavy atom. The van der Waals surface area contributed by atoms with E-state index >= 15 is 0 Å². The van der Waals surface area contributed by atoms with Gasteiger partial charge in [-0.1, -0.05) is 36.0 Å². The van der Waals surface area contributed by atoms with E-state index in [-0.39, 0.29) is 16.8 Å². The average molecular weight is 433 g/mol. The molecule has 29 heavy (non-hydrogen) atoms. The molecule has 1 aliphatic carbocycles. The van der Waals surface area contributed by atoms with Crippen LogP contribution in [0.15, 0.2) is 58.6 Å². The number of hydrogen-bond acceptors (Lipinski definition) is 5. The molecule has 0 N–H and O–H groups in total. The summed E-state index contributed by atoms with van der Waals surface area (Å²) >= 11 is 1.48. The van der Waals surface area contributed by atoms with E-state index in [1.54, 1.807) is 36.4 Å². The lowest BCUT2D eigenvalue weighted by atomic mass is 10.2. The van der Waals surface area contributed by atoms with E-state index in [0.717, 1.165) is 18.4 Å². The summed E-state index contributed by atoms with van der Waals surface area (Å²) in [6, 6.07) is 13.7. The standard InChI is InChI=1S/C20H21FN4O2S2/c1-24(2)29(26,27)16-7-5-6-14(12-16)13-28-20-23-22-19(25(20)15-10-11-15)17-8-3-4-9-18(17)21/h3-9,12,15H,10-11,13H2,1-2H3. The molecule has 1 aliphatic rings.